The molecular formula is C17H26FN3O2. The van der Waals surface area contributed by atoms with Crippen molar-refractivity contribution in [3.05, 3.63) is 35.6 Å². The van der Waals surface area contributed by atoms with E-state index in [4.69, 9.17) is 4.74 Å². The number of likely N-dealkylation sites (N-methyl/N-ethyl adjacent to an activating group) is 1. The average Bonchev–Trinajstić information content (AvgIpc) is 2.55. The van der Waals surface area contributed by atoms with E-state index in [1.54, 1.807) is 12.1 Å². The van der Waals surface area contributed by atoms with E-state index in [-0.39, 0.29) is 17.8 Å². The van der Waals surface area contributed by atoms with Crippen LogP contribution in [-0.4, -0.2) is 56.2 Å². The van der Waals surface area contributed by atoms with Gasteiger partial charge < -0.3 is 15.4 Å². The maximum absolute atomic E-state index is 13.6. The molecule has 1 aromatic rings. The highest BCUT2D eigenvalue weighted by Gasteiger charge is 2.29. The van der Waals surface area contributed by atoms with E-state index in [0.717, 1.165) is 6.54 Å². The summed E-state index contributed by atoms with van der Waals surface area (Å²) in [6.45, 7) is 7.96. The van der Waals surface area contributed by atoms with Gasteiger partial charge in [0.15, 0.2) is 0 Å². The van der Waals surface area contributed by atoms with Crippen LogP contribution in [0.15, 0.2) is 24.3 Å². The SMILES string of the molecule is CCN[C@H](C)CNC(=O)C(c1cccc(F)c1)N1CCOCC1. The van der Waals surface area contributed by atoms with Crippen LogP contribution in [-0.2, 0) is 9.53 Å². The Balaban J connectivity index is 2.10. The van der Waals surface area contributed by atoms with Gasteiger partial charge in [-0.1, -0.05) is 19.1 Å². The van der Waals surface area contributed by atoms with E-state index in [1.807, 2.05) is 18.7 Å². The number of amides is 1. The molecule has 6 heteroatoms. The number of halogens is 1. The second-order valence-electron chi connectivity index (χ2n) is 5.81. The molecule has 0 aromatic heterocycles. The third-order valence-corrected chi connectivity index (χ3v) is 3.96. The molecule has 23 heavy (non-hydrogen) atoms. The average molecular weight is 323 g/mol. The first-order chi connectivity index (χ1) is 11.1. The second-order valence-corrected chi connectivity index (χ2v) is 5.81. The van der Waals surface area contributed by atoms with Gasteiger partial charge >= 0.3 is 0 Å². The van der Waals surface area contributed by atoms with Crippen molar-refractivity contribution in [1.29, 1.82) is 0 Å². The predicted molar refractivity (Wildman–Crippen MR) is 87.7 cm³/mol. The number of nitrogens with zero attached hydrogens (tertiary/aromatic N) is 1. The molecule has 2 rings (SSSR count). The van der Waals surface area contributed by atoms with Crippen molar-refractivity contribution >= 4 is 5.91 Å². The summed E-state index contributed by atoms with van der Waals surface area (Å²) in [7, 11) is 0. The van der Waals surface area contributed by atoms with Crippen LogP contribution >= 0.6 is 0 Å². The van der Waals surface area contributed by atoms with Gasteiger partial charge in [-0.25, -0.2) is 4.39 Å². The Morgan fingerprint density at radius 2 is 2.13 bits per heavy atom. The lowest BCUT2D eigenvalue weighted by molar-refractivity contribution is -0.128. The van der Waals surface area contributed by atoms with Gasteiger partial charge in [-0.05, 0) is 31.2 Å². The van der Waals surface area contributed by atoms with Gasteiger partial charge in [0.1, 0.15) is 11.9 Å². The Labute approximate surface area is 137 Å². The van der Waals surface area contributed by atoms with Crippen molar-refractivity contribution in [2.45, 2.75) is 25.9 Å². The van der Waals surface area contributed by atoms with Crippen LogP contribution in [0.1, 0.15) is 25.5 Å². The zero-order valence-corrected chi connectivity index (χ0v) is 13.8. The zero-order chi connectivity index (χ0) is 16.7. The summed E-state index contributed by atoms with van der Waals surface area (Å²) in [6.07, 6.45) is 0. The Bertz CT molecular complexity index is 506. The first-order valence-corrected chi connectivity index (χ1v) is 8.20. The summed E-state index contributed by atoms with van der Waals surface area (Å²) >= 11 is 0. The number of hydrogen-bond acceptors (Lipinski definition) is 4. The standard InChI is InChI=1S/C17H26FN3O2/c1-3-19-13(2)12-20-17(22)16(21-7-9-23-10-8-21)14-5-4-6-15(18)11-14/h4-6,11,13,16,19H,3,7-10,12H2,1-2H3,(H,20,22)/t13-,16?/m1/s1. The van der Waals surface area contributed by atoms with Gasteiger partial charge in [-0.15, -0.1) is 0 Å². The molecule has 1 saturated heterocycles. The molecule has 128 valence electrons. The third kappa shape index (κ3) is 5.27. The molecule has 1 aromatic carbocycles. The predicted octanol–water partition coefficient (Wildman–Crippen LogP) is 1.31. The summed E-state index contributed by atoms with van der Waals surface area (Å²) in [6, 6.07) is 5.99. The maximum Gasteiger partial charge on any atom is 0.242 e. The van der Waals surface area contributed by atoms with Crippen LogP contribution in [0.25, 0.3) is 0 Å². The highest BCUT2D eigenvalue weighted by Crippen LogP contribution is 2.23. The topological polar surface area (TPSA) is 53.6 Å². The zero-order valence-electron chi connectivity index (χ0n) is 13.8. The second kappa shape index (κ2) is 8.96. The van der Waals surface area contributed by atoms with E-state index in [9.17, 15) is 9.18 Å². The summed E-state index contributed by atoms with van der Waals surface area (Å²) < 4.78 is 18.9. The molecule has 0 saturated carbocycles. The van der Waals surface area contributed by atoms with E-state index in [2.05, 4.69) is 10.6 Å². The number of hydrogen-bond donors (Lipinski definition) is 2. The molecule has 5 nitrogen and oxygen atoms in total. The minimum Gasteiger partial charge on any atom is -0.379 e. The van der Waals surface area contributed by atoms with Crippen molar-refractivity contribution in [3.63, 3.8) is 0 Å². The molecule has 1 amide bonds. The molecule has 0 radical (unpaired) electrons. The third-order valence-electron chi connectivity index (χ3n) is 3.96. The molecule has 2 atom stereocenters. The Morgan fingerprint density at radius 3 is 2.78 bits per heavy atom. The maximum atomic E-state index is 13.6. The highest BCUT2D eigenvalue weighted by atomic mass is 19.1. The van der Waals surface area contributed by atoms with Gasteiger partial charge in [0.2, 0.25) is 5.91 Å². The van der Waals surface area contributed by atoms with Crippen LogP contribution < -0.4 is 10.6 Å². The van der Waals surface area contributed by atoms with E-state index < -0.39 is 6.04 Å². The fraction of sp³-hybridized carbons (Fsp3) is 0.588. The minimum atomic E-state index is -0.483. The molecule has 1 fully saturated rings. The van der Waals surface area contributed by atoms with Crippen LogP contribution in [0, 0.1) is 5.82 Å². The lowest BCUT2D eigenvalue weighted by Crippen LogP contribution is -2.48. The lowest BCUT2D eigenvalue weighted by Gasteiger charge is -2.34. The molecule has 1 unspecified atom stereocenters. The van der Waals surface area contributed by atoms with E-state index in [1.165, 1.54) is 12.1 Å². The van der Waals surface area contributed by atoms with Gasteiger partial charge in [-0.2, -0.15) is 0 Å². The van der Waals surface area contributed by atoms with Gasteiger partial charge in [0, 0.05) is 25.7 Å². The minimum absolute atomic E-state index is 0.0951. The molecule has 0 aliphatic carbocycles. The van der Waals surface area contributed by atoms with Crippen LogP contribution in [0.4, 0.5) is 4.39 Å². The van der Waals surface area contributed by atoms with Crippen LogP contribution in [0.3, 0.4) is 0 Å². The van der Waals surface area contributed by atoms with E-state index >= 15 is 0 Å². The molecular weight excluding hydrogens is 297 g/mol. The number of ether oxygens (including phenoxy) is 1. The van der Waals surface area contributed by atoms with Gasteiger partial charge in [0.25, 0.3) is 0 Å². The van der Waals surface area contributed by atoms with Crippen molar-refractivity contribution in [2.75, 3.05) is 39.4 Å². The Hall–Kier alpha value is -1.50. The summed E-state index contributed by atoms with van der Waals surface area (Å²) in [5, 5.41) is 6.24. The Morgan fingerprint density at radius 1 is 1.39 bits per heavy atom. The molecule has 1 aliphatic heterocycles. The molecule has 1 aliphatic rings. The van der Waals surface area contributed by atoms with Crippen LogP contribution in [0.2, 0.25) is 0 Å². The monoisotopic (exact) mass is 323 g/mol. The van der Waals surface area contributed by atoms with Gasteiger partial charge in [-0.3, -0.25) is 9.69 Å². The fourth-order valence-electron chi connectivity index (χ4n) is 2.81. The number of morpholine rings is 1. The normalized spacial score (nSPS) is 18.4. The summed E-state index contributed by atoms with van der Waals surface area (Å²) in [4.78, 5) is 14.8. The van der Waals surface area contributed by atoms with E-state index in [0.29, 0.717) is 38.4 Å². The first-order valence-electron chi connectivity index (χ1n) is 8.20. The lowest BCUT2D eigenvalue weighted by atomic mass is 10.0. The molecule has 2 N–H and O–H groups in total. The molecule has 0 bridgehead atoms. The van der Waals surface area contributed by atoms with Crippen molar-refractivity contribution in [1.82, 2.24) is 15.5 Å². The quantitative estimate of drug-likeness (QED) is 0.794. The number of nitrogens with one attached hydrogen (secondary N) is 2. The van der Waals surface area contributed by atoms with Crippen molar-refractivity contribution in [2.24, 2.45) is 0 Å². The smallest absolute Gasteiger partial charge is 0.242 e. The Kier molecular flexibility index (Phi) is 6.95. The van der Waals surface area contributed by atoms with Gasteiger partial charge in [0.05, 0.1) is 13.2 Å². The molecule has 0 spiro atoms. The van der Waals surface area contributed by atoms with Crippen molar-refractivity contribution < 1.29 is 13.9 Å². The molecule has 1 heterocycles. The van der Waals surface area contributed by atoms with Crippen LogP contribution in [0.5, 0.6) is 0 Å². The van der Waals surface area contributed by atoms with Crippen molar-refractivity contribution in [3.8, 4) is 0 Å². The summed E-state index contributed by atoms with van der Waals surface area (Å²) in [5.74, 6) is -0.420. The number of carbonyl (C=O) groups excluding carboxylic acids is 1. The number of carbonyl (C=O) groups is 1. The number of benzene rings is 1. The number of rotatable bonds is 7. The fourth-order valence-corrected chi connectivity index (χ4v) is 2.81. The highest BCUT2D eigenvalue weighted by molar-refractivity contribution is 5.83. The first kappa shape index (κ1) is 17.8. The summed E-state index contributed by atoms with van der Waals surface area (Å²) in [5.41, 5.74) is 0.681. The largest absolute Gasteiger partial charge is 0.379 e.